The first-order chi connectivity index (χ1) is 7.26. The molecule has 0 aliphatic rings. The molecule has 0 radical (unpaired) electrons. The van der Waals surface area contributed by atoms with Gasteiger partial charge in [0.1, 0.15) is 11.5 Å². The number of ether oxygens (including phenoxy) is 2. The Morgan fingerprint density at radius 2 is 1.60 bits per heavy atom. The van der Waals surface area contributed by atoms with Crippen molar-refractivity contribution in [3.8, 4) is 11.5 Å². The maximum atomic E-state index is 5.55. The number of aryl methyl sites for hydroxylation is 1. The Labute approximate surface area is 91.2 Å². The first-order valence-corrected chi connectivity index (χ1v) is 5.20. The first kappa shape index (κ1) is 11.9. The smallest absolute Gasteiger partial charge is 0.122 e. The van der Waals surface area contributed by atoms with Gasteiger partial charge in [0.05, 0.1) is 14.2 Å². The SMILES string of the molecule is CCc1cc(OC)c(CCN)[13cH]c1OC. The molecule has 1 aromatic carbocycles. The molecule has 0 saturated carbocycles. The maximum Gasteiger partial charge on any atom is 0.122 e. The van der Waals surface area contributed by atoms with Crippen LogP contribution in [0.1, 0.15) is 18.1 Å². The van der Waals surface area contributed by atoms with Crippen molar-refractivity contribution in [1.82, 2.24) is 0 Å². The van der Waals surface area contributed by atoms with Crippen molar-refractivity contribution < 1.29 is 9.47 Å². The molecule has 0 aliphatic carbocycles. The highest BCUT2D eigenvalue weighted by atomic mass is 16.5. The van der Waals surface area contributed by atoms with Crippen LogP contribution in [0, 0.1) is 0 Å². The topological polar surface area (TPSA) is 44.5 Å². The van der Waals surface area contributed by atoms with Crippen molar-refractivity contribution in [2.24, 2.45) is 5.73 Å². The Morgan fingerprint density at radius 1 is 1.07 bits per heavy atom. The Bertz CT molecular complexity index is 324. The lowest BCUT2D eigenvalue weighted by Crippen LogP contribution is -2.05. The van der Waals surface area contributed by atoms with Crippen LogP contribution >= 0.6 is 0 Å². The van der Waals surface area contributed by atoms with Gasteiger partial charge in [-0.3, -0.25) is 0 Å². The Morgan fingerprint density at radius 3 is 2.07 bits per heavy atom. The van der Waals surface area contributed by atoms with Crippen molar-refractivity contribution in [3.05, 3.63) is 23.3 Å². The van der Waals surface area contributed by atoms with Crippen LogP contribution in [0.2, 0.25) is 0 Å². The molecule has 0 unspecified atom stereocenters. The zero-order valence-corrected chi connectivity index (χ0v) is 9.67. The van der Waals surface area contributed by atoms with E-state index in [1.54, 1.807) is 14.2 Å². The third-order valence-electron chi connectivity index (χ3n) is 2.48. The minimum Gasteiger partial charge on any atom is -0.496 e. The molecule has 0 bridgehead atoms. The fraction of sp³-hybridized carbons (Fsp3) is 0.500. The highest BCUT2D eigenvalue weighted by molar-refractivity contribution is 5.46. The van der Waals surface area contributed by atoms with Crippen molar-refractivity contribution >= 4 is 0 Å². The monoisotopic (exact) mass is 210 g/mol. The van der Waals surface area contributed by atoms with E-state index in [0.717, 1.165) is 35.5 Å². The molecule has 84 valence electrons. The maximum absolute atomic E-state index is 5.55. The van der Waals surface area contributed by atoms with Gasteiger partial charge in [-0.25, -0.2) is 0 Å². The van der Waals surface area contributed by atoms with Crippen LogP contribution < -0.4 is 15.2 Å². The highest BCUT2D eigenvalue weighted by Crippen LogP contribution is 2.29. The number of rotatable bonds is 5. The third kappa shape index (κ3) is 2.63. The number of methoxy groups -OCH3 is 2. The lowest BCUT2D eigenvalue weighted by molar-refractivity contribution is 0.395. The summed E-state index contributed by atoms with van der Waals surface area (Å²) in [5, 5.41) is 0. The molecule has 0 saturated heterocycles. The van der Waals surface area contributed by atoms with E-state index in [2.05, 4.69) is 6.92 Å². The Balaban J connectivity index is 3.15. The molecule has 15 heavy (non-hydrogen) atoms. The van der Waals surface area contributed by atoms with Crippen LogP contribution in [-0.2, 0) is 12.8 Å². The highest BCUT2D eigenvalue weighted by Gasteiger charge is 2.09. The van der Waals surface area contributed by atoms with Crippen LogP contribution in [0.15, 0.2) is 12.1 Å². The standard InChI is InChI=1S/C12H19NO2/c1-4-9-7-12(15-3)10(5-6-13)8-11(9)14-2/h7-8H,4-6,13H2,1-3H3/i8+1. The van der Waals surface area contributed by atoms with E-state index in [1.807, 2.05) is 12.1 Å². The number of benzene rings is 1. The van der Waals surface area contributed by atoms with Gasteiger partial charge in [0.15, 0.2) is 0 Å². The predicted molar refractivity (Wildman–Crippen MR) is 61.7 cm³/mol. The fourth-order valence-corrected chi connectivity index (χ4v) is 1.65. The summed E-state index contributed by atoms with van der Waals surface area (Å²) in [5.74, 6) is 1.82. The average molecular weight is 210 g/mol. The van der Waals surface area contributed by atoms with Crippen molar-refractivity contribution in [1.29, 1.82) is 0 Å². The van der Waals surface area contributed by atoms with Gasteiger partial charge in [0, 0.05) is 0 Å². The molecule has 0 fully saturated rings. The summed E-state index contributed by atoms with van der Waals surface area (Å²) < 4.78 is 10.7. The molecule has 0 amide bonds. The molecule has 0 heterocycles. The van der Waals surface area contributed by atoms with Crippen molar-refractivity contribution in [2.45, 2.75) is 19.8 Å². The molecule has 1 aromatic rings. The Kier molecular flexibility index (Phi) is 4.43. The molecule has 3 heteroatoms. The largest absolute Gasteiger partial charge is 0.496 e. The summed E-state index contributed by atoms with van der Waals surface area (Å²) >= 11 is 0. The minimum absolute atomic E-state index is 0.616. The molecule has 0 aromatic heterocycles. The zero-order valence-electron chi connectivity index (χ0n) is 9.67. The lowest BCUT2D eigenvalue weighted by Gasteiger charge is -2.13. The number of nitrogens with two attached hydrogens (primary N) is 1. The van der Waals surface area contributed by atoms with Gasteiger partial charge in [-0.05, 0) is 42.6 Å². The molecule has 0 spiro atoms. The summed E-state index contributed by atoms with van der Waals surface area (Å²) in [7, 11) is 3.37. The van der Waals surface area contributed by atoms with E-state index < -0.39 is 0 Å². The molecule has 0 aliphatic heterocycles. The van der Waals surface area contributed by atoms with Gasteiger partial charge in [0.2, 0.25) is 0 Å². The van der Waals surface area contributed by atoms with Crippen molar-refractivity contribution in [2.75, 3.05) is 20.8 Å². The van der Waals surface area contributed by atoms with Crippen LogP contribution in [0.3, 0.4) is 0 Å². The fourth-order valence-electron chi connectivity index (χ4n) is 1.65. The zero-order chi connectivity index (χ0) is 11.3. The van der Waals surface area contributed by atoms with Gasteiger partial charge in [-0.1, -0.05) is 6.92 Å². The summed E-state index contributed by atoms with van der Waals surface area (Å²) in [6.07, 6.45) is 1.74. The average Bonchev–Trinajstić information content (AvgIpc) is 2.28. The molecule has 1 rings (SSSR count). The second-order valence-electron chi connectivity index (χ2n) is 3.37. The molecule has 2 N–H and O–H groups in total. The quantitative estimate of drug-likeness (QED) is 0.805. The van der Waals surface area contributed by atoms with Gasteiger partial charge < -0.3 is 15.2 Å². The van der Waals surface area contributed by atoms with E-state index in [9.17, 15) is 0 Å². The van der Waals surface area contributed by atoms with Crippen molar-refractivity contribution in [3.63, 3.8) is 0 Å². The normalized spacial score (nSPS) is 10.1. The molecule has 0 atom stereocenters. The number of hydrogen-bond acceptors (Lipinski definition) is 3. The van der Waals surface area contributed by atoms with E-state index in [-0.39, 0.29) is 0 Å². The molecular formula is C12H19NO2. The summed E-state index contributed by atoms with van der Waals surface area (Å²) in [6.45, 7) is 2.71. The van der Waals surface area contributed by atoms with E-state index in [0.29, 0.717) is 6.54 Å². The lowest BCUT2D eigenvalue weighted by atomic mass is 10.1. The van der Waals surface area contributed by atoms with Crippen LogP contribution in [0.5, 0.6) is 11.5 Å². The second kappa shape index (κ2) is 5.61. The minimum atomic E-state index is 0.616. The van der Waals surface area contributed by atoms with Gasteiger partial charge in [-0.2, -0.15) is 0 Å². The van der Waals surface area contributed by atoms with Crippen LogP contribution in [-0.4, -0.2) is 20.8 Å². The van der Waals surface area contributed by atoms with E-state index in [1.165, 1.54) is 0 Å². The second-order valence-corrected chi connectivity index (χ2v) is 3.37. The summed E-state index contributed by atoms with van der Waals surface area (Å²) in [4.78, 5) is 0. The third-order valence-corrected chi connectivity index (χ3v) is 2.48. The van der Waals surface area contributed by atoms with Gasteiger partial charge in [-0.15, -0.1) is 0 Å². The number of hydrogen-bond donors (Lipinski definition) is 1. The van der Waals surface area contributed by atoms with E-state index >= 15 is 0 Å². The predicted octanol–water partition coefficient (Wildman–Crippen LogP) is 1.77. The summed E-state index contributed by atoms with van der Waals surface area (Å²) in [5.41, 5.74) is 7.82. The van der Waals surface area contributed by atoms with E-state index in [4.69, 9.17) is 15.2 Å². The molecular weight excluding hydrogens is 191 g/mol. The van der Waals surface area contributed by atoms with Crippen LogP contribution in [0.25, 0.3) is 0 Å². The Hall–Kier alpha value is -1.22. The van der Waals surface area contributed by atoms with Gasteiger partial charge >= 0.3 is 0 Å². The van der Waals surface area contributed by atoms with Gasteiger partial charge in [0.25, 0.3) is 0 Å². The first-order valence-electron chi connectivity index (χ1n) is 5.20. The van der Waals surface area contributed by atoms with Crippen LogP contribution in [0.4, 0.5) is 0 Å². The summed E-state index contributed by atoms with van der Waals surface area (Å²) in [6, 6.07) is 4.05. The molecule has 3 nitrogen and oxygen atoms in total.